The van der Waals surface area contributed by atoms with Crippen LogP contribution in [0.25, 0.3) is 0 Å². The molecule has 1 aliphatic rings. The molecule has 8 nitrogen and oxygen atoms in total. The number of carbonyl (C=O) groups is 2. The number of ether oxygens (including phenoxy) is 3. The van der Waals surface area contributed by atoms with Crippen molar-refractivity contribution >= 4 is 26.2 Å². The summed E-state index contributed by atoms with van der Waals surface area (Å²) in [6.45, 7) is 15.2. The predicted molar refractivity (Wildman–Crippen MR) is 156 cm³/mol. The Morgan fingerprint density at radius 2 is 1.60 bits per heavy atom. The van der Waals surface area contributed by atoms with Crippen molar-refractivity contribution in [1.82, 2.24) is 5.32 Å². The number of cyclic esters (lactones) is 1. The second-order valence-corrected chi connectivity index (χ2v) is 10.6. The fraction of sp³-hybridized carbons (Fsp3) is 0.500. The van der Waals surface area contributed by atoms with Gasteiger partial charge in [-0.2, -0.15) is 0 Å². The molecule has 10 heteroatoms. The van der Waals surface area contributed by atoms with Gasteiger partial charge in [-0.3, -0.25) is 4.79 Å². The Balaban J connectivity index is 0. The first kappa shape index (κ1) is 37.7. The molecule has 1 aliphatic heterocycles. The molecule has 3 radical (unpaired) electrons. The van der Waals surface area contributed by atoms with Crippen LogP contribution in [0.3, 0.4) is 0 Å². The third-order valence-corrected chi connectivity index (χ3v) is 7.55. The standard InChI is InChI=1S/C15H19NO3.C15H23NO3.B.Na.H/c1-9(2)15(4)14(17)19-13(16-15)11-7-6-8-12(18-5)10(11)3;1-10(2)15(4,9-17)16-14(18)12-7-6-8-13(19-5)11(12)3;;;/h6-9H,1-5H3;6-8,10,17H,9H2,1-5H3,(H,16,18);;;/q;;;+1;-1. The molecular weight excluding hydrogens is 518 g/mol. The molecule has 0 aromatic heterocycles. The van der Waals surface area contributed by atoms with Crippen LogP contribution in [0.4, 0.5) is 0 Å². The minimum absolute atomic E-state index is 0. The number of amides is 1. The molecule has 1 heterocycles. The van der Waals surface area contributed by atoms with Crippen molar-refractivity contribution in [3.63, 3.8) is 0 Å². The third-order valence-electron chi connectivity index (χ3n) is 7.55. The summed E-state index contributed by atoms with van der Waals surface area (Å²) < 4.78 is 15.8. The van der Waals surface area contributed by atoms with E-state index in [2.05, 4.69) is 10.3 Å². The van der Waals surface area contributed by atoms with Crippen LogP contribution in [0.15, 0.2) is 41.4 Å². The van der Waals surface area contributed by atoms with Crippen LogP contribution < -0.4 is 44.3 Å². The van der Waals surface area contributed by atoms with Gasteiger partial charge in [0, 0.05) is 30.7 Å². The molecule has 2 aromatic carbocycles. The monoisotopic (exact) mass is 561 g/mol. The number of methoxy groups -OCH3 is 2. The molecule has 2 aromatic rings. The van der Waals surface area contributed by atoms with Crippen molar-refractivity contribution in [3.8, 4) is 11.5 Å². The van der Waals surface area contributed by atoms with Gasteiger partial charge < -0.3 is 26.1 Å². The van der Waals surface area contributed by atoms with Crippen molar-refractivity contribution in [1.29, 1.82) is 0 Å². The number of benzene rings is 2. The van der Waals surface area contributed by atoms with Crippen LogP contribution in [0.5, 0.6) is 11.5 Å². The Hall–Kier alpha value is -2.33. The van der Waals surface area contributed by atoms with E-state index in [1.54, 1.807) is 26.4 Å². The molecule has 0 spiro atoms. The van der Waals surface area contributed by atoms with Crippen molar-refractivity contribution in [2.45, 2.75) is 66.5 Å². The van der Waals surface area contributed by atoms with Gasteiger partial charge in [0.2, 0.25) is 5.90 Å². The van der Waals surface area contributed by atoms with Crippen LogP contribution in [0.1, 0.15) is 70.0 Å². The summed E-state index contributed by atoms with van der Waals surface area (Å²) in [6, 6.07) is 11.0. The molecule has 1 amide bonds. The zero-order valence-electron chi connectivity index (χ0n) is 26.8. The van der Waals surface area contributed by atoms with Crippen LogP contribution in [0.2, 0.25) is 0 Å². The summed E-state index contributed by atoms with van der Waals surface area (Å²) in [5.41, 5.74) is 1.66. The first-order valence-electron chi connectivity index (χ1n) is 12.8. The van der Waals surface area contributed by atoms with E-state index < -0.39 is 11.1 Å². The number of nitrogens with zero attached hydrogens (tertiary/aromatic N) is 1. The maximum Gasteiger partial charge on any atom is 1.00 e. The first-order chi connectivity index (χ1) is 17.7. The largest absolute Gasteiger partial charge is 1.00 e. The molecule has 2 atom stereocenters. The van der Waals surface area contributed by atoms with E-state index in [1.807, 2.05) is 79.7 Å². The number of nitrogens with one attached hydrogen (secondary N) is 1. The van der Waals surface area contributed by atoms with Gasteiger partial charge in [-0.15, -0.1) is 0 Å². The SMILES string of the molecule is COc1cccc(C(=O)NC(C)(CO)C(C)C)c1C.COc1cccc(C2=NC(C)(C(C)C)C(=O)O2)c1C.[B].[H-].[Na+]. The second-order valence-electron chi connectivity index (χ2n) is 10.6. The van der Waals surface area contributed by atoms with Crippen LogP contribution >= 0.6 is 0 Å². The molecule has 213 valence electrons. The molecule has 0 bridgehead atoms. The van der Waals surface area contributed by atoms with Gasteiger partial charge in [-0.1, -0.05) is 39.8 Å². The molecule has 0 saturated carbocycles. The van der Waals surface area contributed by atoms with Gasteiger partial charge in [-0.05, 0) is 63.8 Å². The van der Waals surface area contributed by atoms with E-state index in [1.165, 1.54) is 0 Å². The number of rotatable bonds is 8. The molecule has 2 unspecified atom stereocenters. The Morgan fingerprint density at radius 1 is 1.07 bits per heavy atom. The Bertz CT molecular complexity index is 1210. The van der Waals surface area contributed by atoms with Crippen molar-refractivity contribution in [3.05, 3.63) is 58.7 Å². The fourth-order valence-corrected chi connectivity index (χ4v) is 3.79. The van der Waals surface area contributed by atoms with Gasteiger partial charge in [0.15, 0.2) is 5.54 Å². The summed E-state index contributed by atoms with van der Waals surface area (Å²) in [6.07, 6.45) is 0. The van der Waals surface area contributed by atoms with Crippen LogP contribution in [-0.4, -0.2) is 63.2 Å². The first-order valence-corrected chi connectivity index (χ1v) is 12.8. The zero-order chi connectivity index (χ0) is 28.8. The number of hydrogen-bond donors (Lipinski definition) is 2. The summed E-state index contributed by atoms with van der Waals surface area (Å²) in [4.78, 5) is 28.9. The summed E-state index contributed by atoms with van der Waals surface area (Å²) in [5, 5.41) is 12.4. The van der Waals surface area contributed by atoms with Crippen molar-refractivity contribution < 1.29 is 59.9 Å². The van der Waals surface area contributed by atoms with Crippen molar-refractivity contribution in [2.75, 3.05) is 20.8 Å². The molecule has 0 fully saturated rings. The Kier molecular flexibility index (Phi) is 14.7. The van der Waals surface area contributed by atoms with Gasteiger partial charge >= 0.3 is 35.5 Å². The molecule has 40 heavy (non-hydrogen) atoms. The van der Waals surface area contributed by atoms with E-state index in [9.17, 15) is 14.7 Å². The molecule has 3 rings (SSSR count). The number of carbonyl (C=O) groups excluding carboxylic acids is 2. The molecule has 0 saturated heterocycles. The van der Waals surface area contributed by atoms with Gasteiger partial charge in [0.05, 0.1) is 26.4 Å². The van der Waals surface area contributed by atoms with Crippen molar-refractivity contribution in [2.24, 2.45) is 16.8 Å². The normalized spacial score (nSPS) is 17.3. The minimum atomic E-state index is -0.801. The Labute approximate surface area is 264 Å². The average Bonchev–Trinajstić information content (AvgIpc) is 3.19. The maximum absolute atomic E-state index is 12.3. The van der Waals surface area contributed by atoms with Gasteiger partial charge in [0.25, 0.3) is 5.91 Å². The predicted octanol–water partition coefficient (Wildman–Crippen LogP) is 1.60. The maximum atomic E-state index is 12.3. The number of aliphatic imine (C=N–C) groups is 1. The van der Waals surface area contributed by atoms with E-state index in [-0.39, 0.29) is 69.7 Å². The zero-order valence-corrected chi connectivity index (χ0v) is 27.8. The van der Waals surface area contributed by atoms with Crippen LogP contribution in [-0.2, 0) is 9.53 Å². The van der Waals surface area contributed by atoms with E-state index in [4.69, 9.17) is 14.2 Å². The van der Waals surface area contributed by atoms with Gasteiger partial charge in [-0.25, -0.2) is 9.79 Å². The van der Waals surface area contributed by atoms with E-state index >= 15 is 0 Å². The summed E-state index contributed by atoms with van der Waals surface area (Å²) in [5.74, 6) is 1.56. The quantitative estimate of drug-likeness (QED) is 0.375. The fourth-order valence-electron chi connectivity index (χ4n) is 3.79. The molecular formula is C30H43BN2NaO6. The summed E-state index contributed by atoms with van der Waals surface area (Å²) >= 11 is 0. The number of hydrogen-bond acceptors (Lipinski definition) is 7. The average molecular weight is 561 g/mol. The number of esters is 1. The van der Waals surface area contributed by atoms with Crippen LogP contribution in [0, 0.1) is 25.7 Å². The third kappa shape index (κ3) is 8.12. The van der Waals surface area contributed by atoms with Gasteiger partial charge in [0.1, 0.15) is 11.5 Å². The molecule has 0 aliphatic carbocycles. The smallest absolute Gasteiger partial charge is 1.00 e. The number of aliphatic hydroxyl groups excluding tert-OH is 1. The summed E-state index contributed by atoms with van der Waals surface area (Å²) in [7, 11) is 3.20. The molecule has 2 N–H and O–H groups in total. The minimum Gasteiger partial charge on any atom is -1.00 e. The second kappa shape index (κ2) is 15.6. The van der Waals surface area contributed by atoms with E-state index in [0.717, 1.165) is 22.4 Å². The van der Waals surface area contributed by atoms with E-state index in [0.29, 0.717) is 17.2 Å². The topological polar surface area (TPSA) is 106 Å². The Morgan fingerprint density at radius 3 is 2.05 bits per heavy atom. The number of aliphatic hydroxyl groups is 1.